The number of rotatable bonds is 6. The van der Waals surface area contributed by atoms with Gasteiger partial charge < -0.3 is 9.26 Å². The lowest BCUT2D eigenvalue weighted by molar-refractivity contribution is -0.147. The molecular formula is C14H21ClNO4P. The number of ether oxygens (including phenoxy) is 1. The Hall–Kier alpha value is -1.03. The van der Waals surface area contributed by atoms with Crippen LogP contribution in [0.5, 0.6) is 5.75 Å². The predicted octanol–water partition coefficient (Wildman–Crippen LogP) is 3.98. The number of carbonyl (C=O) groups is 1. The molecule has 0 heterocycles. The lowest BCUT2D eigenvalue weighted by Gasteiger charge is -2.21. The van der Waals surface area contributed by atoms with Crippen molar-refractivity contribution in [1.82, 2.24) is 5.09 Å². The topological polar surface area (TPSA) is 64.6 Å². The zero-order chi connectivity index (χ0) is 16.1. The zero-order valence-corrected chi connectivity index (χ0v) is 14.3. The molecule has 2 atom stereocenters. The average Bonchev–Trinajstić information content (AvgIpc) is 2.35. The van der Waals surface area contributed by atoms with Crippen molar-refractivity contribution in [2.24, 2.45) is 5.41 Å². The summed E-state index contributed by atoms with van der Waals surface area (Å²) >= 11 is 5.81. The van der Waals surface area contributed by atoms with E-state index < -0.39 is 18.9 Å². The number of nitrogens with one attached hydrogen (secondary N) is 1. The monoisotopic (exact) mass is 333 g/mol. The minimum atomic E-state index is -3.67. The van der Waals surface area contributed by atoms with E-state index in [1.807, 2.05) is 20.8 Å². The van der Waals surface area contributed by atoms with Crippen molar-refractivity contribution in [3.63, 3.8) is 0 Å². The van der Waals surface area contributed by atoms with E-state index in [1.165, 1.54) is 6.92 Å². The molecule has 0 radical (unpaired) electrons. The lowest BCUT2D eigenvalue weighted by Crippen LogP contribution is -2.34. The summed E-state index contributed by atoms with van der Waals surface area (Å²) in [4.78, 5) is 11.8. The molecule has 0 aliphatic heterocycles. The van der Waals surface area contributed by atoms with Crippen LogP contribution in [0.15, 0.2) is 30.3 Å². The normalized spacial score (nSPS) is 15.9. The third-order valence-electron chi connectivity index (χ3n) is 2.31. The molecule has 0 saturated carbocycles. The molecule has 118 valence electrons. The Bertz CT molecular complexity index is 515. The Labute approximate surface area is 130 Å². The van der Waals surface area contributed by atoms with Crippen molar-refractivity contribution < 1.29 is 18.6 Å². The van der Waals surface area contributed by atoms with E-state index >= 15 is 0 Å². The van der Waals surface area contributed by atoms with Crippen molar-refractivity contribution in [1.29, 1.82) is 0 Å². The van der Waals surface area contributed by atoms with Crippen molar-refractivity contribution in [2.45, 2.75) is 33.7 Å². The Morgan fingerprint density at radius 3 is 2.43 bits per heavy atom. The standard InChI is InChI=1S/C14H21ClNO4P/c1-11(13(17)19-10-14(2,3)4)16-21(15,18)20-12-8-6-5-7-9-12/h5-9,11H,10H2,1-4H3,(H,16,18). The lowest BCUT2D eigenvalue weighted by atomic mass is 9.99. The van der Waals surface area contributed by atoms with E-state index in [1.54, 1.807) is 30.3 Å². The summed E-state index contributed by atoms with van der Waals surface area (Å²) in [5, 5.41) is 2.46. The van der Waals surface area contributed by atoms with E-state index in [2.05, 4.69) is 5.09 Å². The average molecular weight is 334 g/mol. The molecule has 2 unspecified atom stereocenters. The van der Waals surface area contributed by atoms with Gasteiger partial charge in [0.05, 0.1) is 6.61 Å². The van der Waals surface area contributed by atoms with E-state index in [4.69, 9.17) is 20.5 Å². The molecule has 21 heavy (non-hydrogen) atoms. The van der Waals surface area contributed by atoms with Gasteiger partial charge in [0.2, 0.25) is 0 Å². The highest BCUT2D eigenvalue weighted by molar-refractivity contribution is 7.84. The number of halogens is 1. The second-order valence-electron chi connectivity index (χ2n) is 5.90. The SMILES string of the molecule is CC(NP(=O)(Cl)Oc1ccccc1)C(=O)OCC(C)(C)C. The van der Waals surface area contributed by atoms with Gasteiger partial charge in [-0.05, 0) is 24.5 Å². The smallest absolute Gasteiger partial charge is 0.409 e. The van der Waals surface area contributed by atoms with Gasteiger partial charge in [0.1, 0.15) is 11.8 Å². The minimum absolute atomic E-state index is 0.138. The van der Waals surface area contributed by atoms with Crippen LogP contribution in [-0.4, -0.2) is 18.6 Å². The highest BCUT2D eigenvalue weighted by Gasteiger charge is 2.28. The van der Waals surface area contributed by atoms with Crippen LogP contribution >= 0.6 is 18.1 Å². The quantitative estimate of drug-likeness (QED) is 0.630. The fourth-order valence-electron chi connectivity index (χ4n) is 1.34. The highest BCUT2D eigenvalue weighted by atomic mass is 35.7. The second-order valence-corrected chi connectivity index (χ2v) is 8.64. The Morgan fingerprint density at radius 2 is 1.90 bits per heavy atom. The summed E-state index contributed by atoms with van der Waals surface area (Å²) in [5.74, 6) is -0.166. The van der Waals surface area contributed by atoms with Gasteiger partial charge in [0.25, 0.3) is 0 Å². The third kappa shape index (κ3) is 7.51. The molecule has 0 aromatic heterocycles. The molecule has 0 saturated heterocycles. The van der Waals surface area contributed by atoms with E-state index in [0.717, 1.165) is 0 Å². The van der Waals surface area contributed by atoms with E-state index in [9.17, 15) is 9.36 Å². The van der Waals surface area contributed by atoms with Crippen LogP contribution in [0, 0.1) is 5.41 Å². The fraction of sp³-hybridized carbons (Fsp3) is 0.500. The number of esters is 1. The van der Waals surface area contributed by atoms with Gasteiger partial charge >= 0.3 is 12.8 Å². The van der Waals surface area contributed by atoms with Crippen LogP contribution in [0.4, 0.5) is 0 Å². The molecule has 0 aliphatic rings. The molecule has 1 aromatic carbocycles. The molecular weight excluding hydrogens is 313 g/mol. The van der Waals surface area contributed by atoms with E-state index in [0.29, 0.717) is 5.75 Å². The van der Waals surface area contributed by atoms with Crippen LogP contribution in [0.2, 0.25) is 0 Å². The number of hydrogen-bond donors (Lipinski definition) is 1. The van der Waals surface area contributed by atoms with Crippen molar-refractivity contribution in [2.75, 3.05) is 6.61 Å². The second kappa shape index (κ2) is 7.30. The number of hydrogen-bond acceptors (Lipinski definition) is 4. The van der Waals surface area contributed by atoms with Crippen LogP contribution in [-0.2, 0) is 14.1 Å². The first kappa shape index (κ1) is 18.0. The molecule has 0 fully saturated rings. The van der Waals surface area contributed by atoms with Crippen LogP contribution in [0.25, 0.3) is 0 Å². The van der Waals surface area contributed by atoms with Gasteiger partial charge in [-0.2, -0.15) is 0 Å². The summed E-state index contributed by atoms with van der Waals surface area (Å²) in [5.41, 5.74) is -0.138. The maximum absolute atomic E-state index is 12.1. The van der Waals surface area contributed by atoms with Gasteiger partial charge in [0.15, 0.2) is 0 Å². The first-order valence-electron chi connectivity index (χ1n) is 6.58. The van der Waals surface area contributed by atoms with Crippen molar-refractivity contribution in [3.8, 4) is 5.75 Å². The van der Waals surface area contributed by atoms with Gasteiger partial charge in [-0.3, -0.25) is 4.79 Å². The van der Waals surface area contributed by atoms with Crippen molar-refractivity contribution in [3.05, 3.63) is 30.3 Å². The largest absolute Gasteiger partial charge is 0.464 e. The maximum atomic E-state index is 12.1. The molecule has 0 amide bonds. The number of para-hydroxylation sites is 1. The molecule has 0 spiro atoms. The molecule has 0 bridgehead atoms. The summed E-state index contributed by atoms with van der Waals surface area (Å²) in [6.45, 7) is 3.97. The third-order valence-corrected chi connectivity index (χ3v) is 3.96. The molecule has 0 aliphatic carbocycles. The van der Waals surface area contributed by atoms with Crippen LogP contribution in [0.1, 0.15) is 27.7 Å². The Balaban J connectivity index is 2.54. The molecule has 1 aromatic rings. The number of benzene rings is 1. The van der Waals surface area contributed by atoms with Gasteiger partial charge in [-0.15, -0.1) is 0 Å². The van der Waals surface area contributed by atoms with Gasteiger partial charge in [-0.25, -0.2) is 9.65 Å². The summed E-state index contributed by atoms with van der Waals surface area (Å²) in [7, 11) is 0. The predicted molar refractivity (Wildman–Crippen MR) is 83.5 cm³/mol. The number of carbonyl (C=O) groups excluding carboxylic acids is 1. The minimum Gasteiger partial charge on any atom is -0.464 e. The Morgan fingerprint density at radius 1 is 1.33 bits per heavy atom. The summed E-state index contributed by atoms with van der Waals surface area (Å²) in [6, 6.07) is 7.67. The van der Waals surface area contributed by atoms with Crippen LogP contribution in [0.3, 0.4) is 0 Å². The molecule has 7 heteroatoms. The first-order chi connectivity index (χ1) is 9.59. The maximum Gasteiger partial charge on any atom is 0.409 e. The molecule has 5 nitrogen and oxygen atoms in total. The van der Waals surface area contributed by atoms with Crippen LogP contribution < -0.4 is 9.61 Å². The summed E-state index contributed by atoms with van der Waals surface area (Å²) in [6.07, 6.45) is 0. The molecule has 1 rings (SSSR count). The molecule has 1 N–H and O–H groups in total. The van der Waals surface area contributed by atoms with Gasteiger partial charge in [0, 0.05) is 11.2 Å². The summed E-state index contributed by atoms with van der Waals surface area (Å²) < 4.78 is 22.4. The first-order valence-corrected chi connectivity index (χ1v) is 9.11. The zero-order valence-electron chi connectivity index (χ0n) is 12.6. The Kier molecular flexibility index (Phi) is 6.26. The fourth-order valence-corrected chi connectivity index (χ4v) is 3.03. The van der Waals surface area contributed by atoms with Crippen molar-refractivity contribution >= 4 is 24.1 Å². The van der Waals surface area contributed by atoms with E-state index in [-0.39, 0.29) is 12.0 Å². The van der Waals surface area contributed by atoms with Gasteiger partial charge in [-0.1, -0.05) is 39.0 Å². The highest BCUT2D eigenvalue weighted by Crippen LogP contribution is 2.48.